The zero-order valence-corrected chi connectivity index (χ0v) is 18.9. The molecule has 1 aliphatic rings. The fourth-order valence-corrected chi connectivity index (χ4v) is 3.53. The average Bonchev–Trinajstić information content (AvgIpc) is 3.17. The summed E-state index contributed by atoms with van der Waals surface area (Å²) < 4.78 is 26.7. The normalized spacial score (nSPS) is 14.1. The van der Waals surface area contributed by atoms with E-state index in [9.17, 15) is 14.0 Å². The number of rotatable bonds is 7. The molecule has 0 radical (unpaired) electrons. The first-order chi connectivity index (χ1) is 16.3. The minimum absolute atomic E-state index is 0.254. The van der Waals surface area contributed by atoms with Gasteiger partial charge in [0.25, 0.3) is 0 Å². The number of nitrogens with zero attached hydrogens (tertiary/aromatic N) is 2. The van der Waals surface area contributed by atoms with Gasteiger partial charge in [-0.25, -0.2) is 14.0 Å². The van der Waals surface area contributed by atoms with E-state index in [1.165, 1.54) is 12.1 Å². The number of fused-ring (bicyclic) bond motifs is 1. The highest BCUT2D eigenvalue weighted by atomic mass is 35.5. The van der Waals surface area contributed by atoms with Gasteiger partial charge in [0.2, 0.25) is 0 Å². The molecule has 1 aromatic heterocycles. The molecule has 2 aromatic carbocycles. The van der Waals surface area contributed by atoms with Crippen LogP contribution >= 0.6 is 11.6 Å². The van der Waals surface area contributed by atoms with E-state index in [4.69, 9.17) is 31.3 Å². The summed E-state index contributed by atoms with van der Waals surface area (Å²) in [4.78, 5) is 21.4. The van der Waals surface area contributed by atoms with Crippen molar-refractivity contribution in [3.05, 3.63) is 71.7 Å². The van der Waals surface area contributed by atoms with E-state index in [-0.39, 0.29) is 5.82 Å². The predicted molar refractivity (Wildman–Crippen MR) is 125 cm³/mol. The molecule has 0 atom stereocenters. The number of carbonyl (C=O) groups is 2. The standard InChI is InChI=1S/C20H20ClFN2O2.C4H4O4/c21-15-1-6-19-18(13-15)20(26-12-9-23-7-10-25-11-8-23)14-24(19)17-4-2-16(22)3-5-17;5-3(6)1-2-4(7)8/h1-6,13-14H,7-12H2;1-2H,(H,5,6)(H,7,8)/b;2-1-. The topological polar surface area (TPSA) is 101 Å². The van der Waals surface area contributed by atoms with E-state index in [1.807, 2.05) is 29.0 Å². The van der Waals surface area contributed by atoms with Crippen molar-refractivity contribution in [1.82, 2.24) is 9.47 Å². The molecule has 8 nitrogen and oxygen atoms in total. The Morgan fingerprint density at radius 1 is 1.06 bits per heavy atom. The lowest BCUT2D eigenvalue weighted by molar-refractivity contribution is -0.134. The second kappa shape index (κ2) is 12.2. The summed E-state index contributed by atoms with van der Waals surface area (Å²) in [6, 6.07) is 12.1. The largest absolute Gasteiger partial charge is 0.490 e. The summed E-state index contributed by atoms with van der Waals surface area (Å²) in [5.41, 5.74) is 1.85. The highest BCUT2D eigenvalue weighted by molar-refractivity contribution is 6.31. The highest BCUT2D eigenvalue weighted by Crippen LogP contribution is 2.32. The van der Waals surface area contributed by atoms with Crippen LogP contribution in [0.1, 0.15) is 0 Å². The number of aromatic nitrogens is 1. The monoisotopic (exact) mass is 490 g/mol. The quantitative estimate of drug-likeness (QED) is 0.485. The van der Waals surface area contributed by atoms with Crippen molar-refractivity contribution in [3.63, 3.8) is 0 Å². The van der Waals surface area contributed by atoms with E-state index >= 15 is 0 Å². The van der Waals surface area contributed by atoms with Crippen LogP contribution in [0.15, 0.2) is 60.8 Å². The van der Waals surface area contributed by atoms with E-state index < -0.39 is 11.9 Å². The lowest BCUT2D eigenvalue weighted by Gasteiger charge is -2.26. The van der Waals surface area contributed by atoms with Crippen LogP contribution in [0.2, 0.25) is 5.02 Å². The predicted octanol–water partition coefficient (Wildman–Crippen LogP) is 3.85. The van der Waals surface area contributed by atoms with Gasteiger partial charge in [0.15, 0.2) is 0 Å². The summed E-state index contributed by atoms with van der Waals surface area (Å²) in [5.74, 6) is -1.99. The molecular formula is C24H24ClFN2O6. The van der Waals surface area contributed by atoms with Crippen molar-refractivity contribution in [2.45, 2.75) is 0 Å². The van der Waals surface area contributed by atoms with Crippen LogP contribution in [-0.4, -0.2) is 71.1 Å². The summed E-state index contributed by atoms with van der Waals surface area (Å²) in [5, 5.41) is 17.2. The van der Waals surface area contributed by atoms with Crippen molar-refractivity contribution in [2.24, 2.45) is 0 Å². The molecule has 0 aliphatic carbocycles. The van der Waals surface area contributed by atoms with Gasteiger partial charge in [-0.1, -0.05) is 11.6 Å². The molecule has 0 spiro atoms. The fourth-order valence-electron chi connectivity index (χ4n) is 3.35. The molecule has 0 amide bonds. The number of hydrogen-bond donors (Lipinski definition) is 2. The Bertz CT molecular complexity index is 1140. The molecular weight excluding hydrogens is 467 g/mol. The number of morpholine rings is 1. The Labute approximate surface area is 200 Å². The van der Waals surface area contributed by atoms with Crippen LogP contribution in [0.25, 0.3) is 16.6 Å². The lowest BCUT2D eigenvalue weighted by Crippen LogP contribution is -2.38. The maximum atomic E-state index is 13.3. The molecule has 1 saturated heterocycles. The number of ether oxygens (including phenoxy) is 2. The first-order valence-electron chi connectivity index (χ1n) is 10.5. The molecule has 10 heteroatoms. The molecule has 0 bridgehead atoms. The number of hydrogen-bond acceptors (Lipinski definition) is 5. The Kier molecular flexibility index (Phi) is 9.03. The van der Waals surface area contributed by atoms with Gasteiger partial charge in [-0.05, 0) is 42.5 Å². The van der Waals surface area contributed by atoms with E-state index in [2.05, 4.69) is 4.90 Å². The highest BCUT2D eigenvalue weighted by Gasteiger charge is 2.14. The zero-order valence-electron chi connectivity index (χ0n) is 18.2. The summed E-state index contributed by atoms with van der Waals surface area (Å²) in [6.07, 6.45) is 3.05. The Morgan fingerprint density at radius 3 is 2.32 bits per heavy atom. The van der Waals surface area contributed by atoms with Crippen LogP contribution in [0, 0.1) is 5.82 Å². The van der Waals surface area contributed by atoms with Crippen LogP contribution < -0.4 is 4.74 Å². The molecule has 1 fully saturated rings. The van der Waals surface area contributed by atoms with Crippen molar-refractivity contribution in [3.8, 4) is 11.4 Å². The number of benzene rings is 2. The SMILES string of the molecule is Fc1ccc(-n2cc(OCCN3CCOCC3)c3cc(Cl)ccc32)cc1.O=C(O)/C=C\C(=O)O. The first-order valence-corrected chi connectivity index (χ1v) is 10.8. The third-order valence-electron chi connectivity index (χ3n) is 4.97. The summed E-state index contributed by atoms with van der Waals surface area (Å²) >= 11 is 6.19. The second-order valence-electron chi connectivity index (χ2n) is 7.31. The van der Waals surface area contributed by atoms with Gasteiger partial charge in [0.05, 0.1) is 24.9 Å². The molecule has 2 heterocycles. The average molecular weight is 491 g/mol. The molecule has 0 unspecified atom stereocenters. The van der Waals surface area contributed by atoms with Crippen LogP contribution in [-0.2, 0) is 14.3 Å². The van der Waals surface area contributed by atoms with E-state index in [0.717, 1.165) is 55.2 Å². The van der Waals surface area contributed by atoms with Crippen molar-refractivity contribution in [2.75, 3.05) is 39.5 Å². The number of carboxylic acids is 2. The molecule has 3 aromatic rings. The minimum Gasteiger partial charge on any atom is -0.490 e. The third kappa shape index (κ3) is 7.31. The summed E-state index contributed by atoms with van der Waals surface area (Å²) in [6.45, 7) is 4.88. The van der Waals surface area contributed by atoms with Gasteiger partial charge < -0.3 is 24.3 Å². The van der Waals surface area contributed by atoms with Crippen LogP contribution in [0.5, 0.6) is 5.75 Å². The number of halogens is 2. The molecule has 34 heavy (non-hydrogen) atoms. The van der Waals surface area contributed by atoms with Crippen LogP contribution in [0.3, 0.4) is 0 Å². The lowest BCUT2D eigenvalue weighted by atomic mass is 10.2. The van der Waals surface area contributed by atoms with Gasteiger partial charge >= 0.3 is 11.9 Å². The number of carboxylic acid groups (broad SMARTS) is 2. The Balaban J connectivity index is 0.000000350. The molecule has 4 rings (SSSR count). The smallest absolute Gasteiger partial charge is 0.328 e. The van der Waals surface area contributed by atoms with Crippen molar-refractivity contribution >= 4 is 34.4 Å². The van der Waals surface area contributed by atoms with E-state index in [0.29, 0.717) is 23.8 Å². The minimum atomic E-state index is -1.26. The van der Waals surface area contributed by atoms with Gasteiger partial charge in [-0.15, -0.1) is 0 Å². The second-order valence-corrected chi connectivity index (χ2v) is 7.75. The van der Waals surface area contributed by atoms with Gasteiger partial charge in [0.1, 0.15) is 18.2 Å². The van der Waals surface area contributed by atoms with Crippen molar-refractivity contribution < 1.29 is 33.7 Å². The number of aliphatic carboxylic acids is 2. The van der Waals surface area contributed by atoms with Gasteiger partial charge in [-0.2, -0.15) is 0 Å². The van der Waals surface area contributed by atoms with Gasteiger partial charge in [0, 0.05) is 47.9 Å². The van der Waals surface area contributed by atoms with Crippen LogP contribution in [0.4, 0.5) is 4.39 Å². The Hall–Kier alpha value is -3.40. The first kappa shape index (κ1) is 25.2. The molecule has 0 saturated carbocycles. The molecule has 180 valence electrons. The third-order valence-corrected chi connectivity index (χ3v) is 5.21. The molecule has 2 N–H and O–H groups in total. The zero-order chi connectivity index (χ0) is 24.5. The molecule has 1 aliphatic heterocycles. The maximum Gasteiger partial charge on any atom is 0.328 e. The summed E-state index contributed by atoms with van der Waals surface area (Å²) in [7, 11) is 0. The fraction of sp³-hybridized carbons (Fsp3) is 0.250. The van der Waals surface area contributed by atoms with Gasteiger partial charge in [-0.3, -0.25) is 4.90 Å². The Morgan fingerprint density at radius 2 is 1.71 bits per heavy atom. The van der Waals surface area contributed by atoms with E-state index in [1.54, 1.807) is 12.1 Å². The maximum absolute atomic E-state index is 13.3. The van der Waals surface area contributed by atoms with Crippen molar-refractivity contribution in [1.29, 1.82) is 0 Å².